The smallest absolute Gasteiger partial charge is 0.261 e. The van der Waals surface area contributed by atoms with Gasteiger partial charge in [-0.3, -0.25) is 0 Å². The maximum absolute atomic E-state index is 12.4. The standard InChI is InChI=1S/C12H16ClN5O2S/c1-17-8-15-12(11(17)13)21(19,20)16-9-3-2-4-10(9)18-6-5-14-7-18/h5-10,16H,2-4H2,1H3. The van der Waals surface area contributed by atoms with Gasteiger partial charge < -0.3 is 9.13 Å². The van der Waals surface area contributed by atoms with Gasteiger partial charge in [0.25, 0.3) is 10.0 Å². The molecule has 1 fully saturated rings. The summed E-state index contributed by atoms with van der Waals surface area (Å²) < 4.78 is 31.0. The molecule has 1 N–H and O–H groups in total. The number of rotatable bonds is 4. The third-order valence-corrected chi connectivity index (χ3v) is 5.76. The van der Waals surface area contributed by atoms with Crippen LogP contribution in [0, 0.1) is 0 Å². The summed E-state index contributed by atoms with van der Waals surface area (Å²) in [6, 6.07) is -0.105. The van der Waals surface area contributed by atoms with E-state index in [0.717, 1.165) is 19.3 Å². The highest BCUT2D eigenvalue weighted by Crippen LogP contribution is 2.31. The number of aryl methyl sites for hydroxylation is 1. The van der Waals surface area contributed by atoms with Crippen LogP contribution in [0.5, 0.6) is 0 Å². The van der Waals surface area contributed by atoms with Crippen molar-refractivity contribution in [3.8, 4) is 0 Å². The van der Waals surface area contributed by atoms with Crippen molar-refractivity contribution < 1.29 is 8.42 Å². The molecule has 114 valence electrons. The molecule has 2 heterocycles. The van der Waals surface area contributed by atoms with Crippen molar-refractivity contribution in [2.24, 2.45) is 7.05 Å². The minimum Gasteiger partial charge on any atom is -0.333 e. The van der Waals surface area contributed by atoms with Gasteiger partial charge in [-0.05, 0) is 19.3 Å². The first-order valence-electron chi connectivity index (χ1n) is 6.65. The number of sulfonamides is 1. The third-order valence-electron chi connectivity index (χ3n) is 3.78. The van der Waals surface area contributed by atoms with Gasteiger partial charge in [-0.25, -0.2) is 23.1 Å². The number of nitrogens with zero attached hydrogens (tertiary/aromatic N) is 4. The summed E-state index contributed by atoms with van der Waals surface area (Å²) in [6.07, 6.45) is 9.31. The largest absolute Gasteiger partial charge is 0.333 e. The van der Waals surface area contributed by atoms with E-state index in [1.807, 2.05) is 10.8 Å². The quantitative estimate of drug-likeness (QED) is 0.917. The van der Waals surface area contributed by atoms with Crippen LogP contribution < -0.4 is 4.72 Å². The number of halogens is 1. The van der Waals surface area contributed by atoms with Crippen molar-refractivity contribution in [2.45, 2.75) is 36.4 Å². The molecule has 0 amide bonds. The molecule has 21 heavy (non-hydrogen) atoms. The van der Waals surface area contributed by atoms with Gasteiger partial charge in [0.2, 0.25) is 5.03 Å². The minimum absolute atomic E-state index is 0.0739. The van der Waals surface area contributed by atoms with Crippen molar-refractivity contribution in [3.05, 3.63) is 30.2 Å². The minimum atomic E-state index is -3.73. The summed E-state index contributed by atoms with van der Waals surface area (Å²) >= 11 is 5.98. The highest BCUT2D eigenvalue weighted by molar-refractivity contribution is 7.89. The van der Waals surface area contributed by atoms with E-state index in [1.165, 1.54) is 10.9 Å². The Balaban J connectivity index is 1.84. The van der Waals surface area contributed by atoms with E-state index in [2.05, 4.69) is 14.7 Å². The zero-order chi connectivity index (χ0) is 15.0. The van der Waals surface area contributed by atoms with E-state index in [9.17, 15) is 8.42 Å². The fourth-order valence-electron chi connectivity index (χ4n) is 2.73. The van der Waals surface area contributed by atoms with Crippen molar-refractivity contribution in [2.75, 3.05) is 0 Å². The van der Waals surface area contributed by atoms with Crippen LogP contribution in [0.25, 0.3) is 0 Å². The summed E-state index contributed by atoms with van der Waals surface area (Å²) in [5.74, 6) is 0. The predicted molar refractivity (Wildman–Crippen MR) is 77.4 cm³/mol. The first kappa shape index (κ1) is 14.6. The predicted octanol–water partition coefficient (Wildman–Crippen LogP) is 1.34. The molecule has 3 rings (SSSR count). The lowest BCUT2D eigenvalue weighted by molar-refractivity contribution is 0.430. The Morgan fingerprint density at radius 3 is 2.81 bits per heavy atom. The van der Waals surface area contributed by atoms with Crippen LogP contribution in [-0.4, -0.2) is 33.6 Å². The van der Waals surface area contributed by atoms with Gasteiger partial charge in [0.15, 0.2) is 0 Å². The molecule has 2 aromatic rings. The molecular weight excluding hydrogens is 314 g/mol. The van der Waals surface area contributed by atoms with Gasteiger partial charge in [-0.2, -0.15) is 0 Å². The molecule has 2 atom stereocenters. The van der Waals surface area contributed by atoms with Crippen LogP contribution in [0.15, 0.2) is 30.1 Å². The van der Waals surface area contributed by atoms with E-state index in [4.69, 9.17) is 11.6 Å². The van der Waals surface area contributed by atoms with Gasteiger partial charge in [0.05, 0.1) is 18.7 Å². The van der Waals surface area contributed by atoms with Gasteiger partial charge in [0, 0.05) is 25.5 Å². The van der Waals surface area contributed by atoms with Crippen molar-refractivity contribution in [1.29, 1.82) is 0 Å². The van der Waals surface area contributed by atoms with Gasteiger partial charge in [0.1, 0.15) is 5.15 Å². The summed E-state index contributed by atoms with van der Waals surface area (Å²) in [5, 5.41) is -0.0115. The number of aromatic nitrogens is 4. The SMILES string of the molecule is Cn1cnc(S(=O)(=O)NC2CCCC2n2ccnc2)c1Cl. The Morgan fingerprint density at radius 2 is 2.19 bits per heavy atom. The lowest BCUT2D eigenvalue weighted by Crippen LogP contribution is -2.38. The summed E-state index contributed by atoms with van der Waals surface area (Å²) in [4.78, 5) is 7.90. The Morgan fingerprint density at radius 1 is 1.38 bits per heavy atom. The molecule has 0 spiro atoms. The fourth-order valence-corrected chi connectivity index (χ4v) is 4.46. The highest BCUT2D eigenvalue weighted by Gasteiger charge is 2.34. The van der Waals surface area contributed by atoms with E-state index in [1.54, 1.807) is 19.6 Å². The van der Waals surface area contributed by atoms with E-state index in [0.29, 0.717) is 0 Å². The second-order valence-electron chi connectivity index (χ2n) is 5.19. The lowest BCUT2D eigenvalue weighted by Gasteiger charge is -2.21. The normalized spacial score (nSPS) is 22.8. The zero-order valence-corrected chi connectivity index (χ0v) is 13.0. The lowest BCUT2D eigenvalue weighted by atomic mass is 10.2. The Kier molecular flexibility index (Phi) is 3.76. The van der Waals surface area contributed by atoms with E-state index >= 15 is 0 Å². The molecule has 0 aliphatic heterocycles. The first-order valence-corrected chi connectivity index (χ1v) is 8.52. The van der Waals surface area contributed by atoms with Gasteiger partial charge >= 0.3 is 0 Å². The molecule has 2 unspecified atom stereocenters. The molecule has 1 aliphatic rings. The van der Waals surface area contributed by atoms with Crippen molar-refractivity contribution >= 4 is 21.6 Å². The average Bonchev–Trinajstić information content (AvgIpc) is 3.12. The number of hydrogen-bond acceptors (Lipinski definition) is 4. The summed E-state index contributed by atoms with van der Waals surface area (Å²) in [7, 11) is -2.07. The van der Waals surface area contributed by atoms with Gasteiger partial charge in [-0.15, -0.1) is 0 Å². The Labute approximate surface area is 128 Å². The van der Waals surface area contributed by atoms with Crippen molar-refractivity contribution in [1.82, 2.24) is 23.8 Å². The first-order chi connectivity index (χ1) is 9.99. The molecule has 2 aromatic heterocycles. The van der Waals surface area contributed by atoms with Crippen molar-refractivity contribution in [3.63, 3.8) is 0 Å². The maximum Gasteiger partial charge on any atom is 0.261 e. The molecular formula is C12H16ClN5O2S. The third kappa shape index (κ3) is 2.70. The molecule has 0 radical (unpaired) electrons. The average molecular weight is 330 g/mol. The molecule has 0 aromatic carbocycles. The Bertz CT molecular complexity index is 725. The number of hydrogen-bond donors (Lipinski definition) is 1. The topological polar surface area (TPSA) is 81.8 Å². The second-order valence-corrected chi connectivity index (χ2v) is 7.17. The number of imidazole rings is 2. The summed E-state index contributed by atoms with van der Waals surface area (Å²) in [6.45, 7) is 0. The highest BCUT2D eigenvalue weighted by atomic mass is 35.5. The molecule has 1 aliphatic carbocycles. The summed E-state index contributed by atoms with van der Waals surface area (Å²) in [5.41, 5.74) is 0. The molecule has 0 saturated heterocycles. The van der Waals surface area contributed by atoms with Crippen LogP contribution in [0.2, 0.25) is 5.15 Å². The van der Waals surface area contributed by atoms with Gasteiger partial charge in [-0.1, -0.05) is 11.6 Å². The zero-order valence-electron chi connectivity index (χ0n) is 11.5. The van der Waals surface area contributed by atoms with E-state index < -0.39 is 10.0 Å². The van der Waals surface area contributed by atoms with Crippen LogP contribution in [-0.2, 0) is 17.1 Å². The Hall–Kier alpha value is -1.38. The maximum atomic E-state index is 12.4. The molecule has 9 heteroatoms. The monoisotopic (exact) mass is 329 g/mol. The molecule has 1 saturated carbocycles. The van der Waals surface area contributed by atoms with Crippen LogP contribution in [0.1, 0.15) is 25.3 Å². The number of nitrogens with one attached hydrogen (secondary N) is 1. The second kappa shape index (κ2) is 5.43. The van der Waals surface area contributed by atoms with Crippen LogP contribution >= 0.6 is 11.6 Å². The van der Waals surface area contributed by atoms with Crippen LogP contribution in [0.3, 0.4) is 0 Å². The fraction of sp³-hybridized carbons (Fsp3) is 0.500. The molecule has 0 bridgehead atoms. The molecule has 7 nitrogen and oxygen atoms in total. The van der Waals surface area contributed by atoms with Crippen LogP contribution in [0.4, 0.5) is 0 Å². The van der Waals surface area contributed by atoms with E-state index in [-0.39, 0.29) is 22.3 Å².